The van der Waals surface area contributed by atoms with Crippen molar-refractivity contribution in [3.63, 3.8) is 0 Å². The summed E-state index contributed by atoms with van der Waals surface area (Å²) < 4.78 is 55.8. The van der Waals surface area contributed by atoms with Gasteiger partial charge in [0.25, 0.3) is 11.8 Å². The molecule has 0 bridgehead atoms. The number of ether oxygens (including phenoxy) is 1. The molecule has 0 fully saturated rings. The summed E-state index contributed by atoms with van der Waals surface area (Å²) in [4.78, 5) is 22.8. The molecule has 0 unspecified atom stereocenters. The van der Waals surface area contributed by atoms with Crippen LogP contribution in [0.3, 0.4) is 0 Å². The van der Waals surface area contributed by atoms with Crippen LogP contribution in [0, 0.1) is 5.82 Å². The first-order valence-electron chi connectivity index (χ1n) is 7.58. The molecule has 2 rings (SSSR count). The molecule has 0 atom stereocenters. The Bertz CT molecular complexity index is 1030. The summed E-state index contributed by atoms with van der Waals surface area (Å²) in [5.74, 6) is -3.33. The molecule has 1 aromatic carbocycles. The smallest absolute Gasteiger partial charge is 0.256 e. The van der Waals surface area contributed by atoms with Crippen LogP contribution in [0.15, 0.2) is 33.4 Å². The number of carbonyl (C=O) groups is 2. The summed E-state index contributed by atoms with van der Waals surface area (Å²) in [5, 5.41) is 11.7. The van der Waals surface area contributed by atoms with Crippen LogP contribution in [-0.4, -0.2) is 37.8 Å². The number of nitrogens with one attached hydrogen (secondary N) is 1. The summed E-state index contributed by atoms with van der Waals surface area (Å²) in [6.07, 6.45) is 0. The predicted octanol–water partition coefficient (Wildman–Crippen LogP) is 1.83. The van der Waals surface area contributed by atoms with E-state index in [0.29, 0.717) is 17.4 Å². The van der Waals surface area contributed by atoms with Gasteiger partial charge in [0.15, 0.2) is 0 Å². The standard InChI is InChI=1S/C16H16F2N2O6S2/c1-16(2,23)15(22)20-14-9(13(19)21)6-12(27-14)28(24,25)11-4-3-8(26-7-17)5-10(11)18/h3-6,23H,7H2,1-2H3,(H2,19,21)(H,20,22). The lowest BCUT2D eigenvalue weighted by atomic mass is 10.1. The number of benzene rings is 1. The lowest BCUT2D eigenvalue weighted by Crippen LogP contribution is -2.36. The van der Waals surface area contributed by atoms with Crippen LogP contribution in [0.2, 0.25) is 0 Å². The first-order valence-corrected chi connectivity index (χ1v) is 9.88. The van der Waals surface area contributed by atoms with Gasteiger partial charge in [-0.15, -0.1) is 11.3 Å². The highest BCUT2D eigenvalue weighted by molar-refractivity contribution is 7.93. The Morgan fingerprint density at radius 3 is 2.46 bits per heavy atom. The number of rotatable bonds is 7. The van der Waals surface area contributed by atoms with Gasteiger partial charge in [-0.2, -0.15) is 0 Å². The second-order valence-electron chi connectivity index (χ2n) is 6.03. The number of carbonyl (C=O) groups excluding carboxylic acids is 2. The average Bonchev–Trinajstić information content (AvgIpc) is 2.99. The first kappa shape index (κ1) is 21.7. The molecule has 1 heterocycles. The highest BCUT2D eigenvalue weighted by atomic mass is 32.2. The van der Waals surface area contributed by atoms with Crippen molar-refractivity contribution in [2.24, 2.45) is 5.73 Å². The Kier molecular flexibility index (Phi) is 6.06. The molecular formula is C16H16F2N2O6S2. The Balaban J connectivity index is 2.51. The SMILES string of the molecule is CC(C)(O)C(=O)Nc1sc(S(=O)(=O)c2ccc(OCF)cc2F)cc1C(N)=O. The molecule has 28 heavy (non-hydrogen) atoms. The minimum Gasteiger partial charge on any atom is -0.463 e. The Labute approximate surface area is 162 Å². The molecule has 4 N–H and O–H groups in total. The Hall–Kier alpha value is -2.57. The van der Waals surface area contributed by atoms with Gasteiger partial charge in [0.1, 0.15) is 31.3 Å². The van der Waals surface area contributed by atoms with E-state index in [4.69, 9.17) is 5.73 Å². The number of hydrogen-bond acceptors (Lipinski definition) is 7. The number of hydrogen-bond donors (Lipinski definition) is 3. The Morgan fingerprint density at radius 1 is 1.32 bits per heavy atom. The van der Waals surface area contributed by atoms with Gasteiger partial charge in [0.05, 0.1) is 5.56 Å². The number of amides is 2. The fraction of sp³-hybridized carbons (Fsp3) is 0.250. The fourth-order valence-electron chi connectivity index (χ4n) is 1.99. The van der Waals surface area contributed by atoms with Crippen LogP contribution in [-0.2, 0) is 14.6 Å². The van der Waals surface area contributed by atoms with Crippen molar-refractivity contribution in [1.82, 2.24) is 0 Å². The van der Waals surface area contributed by atoms with E-state index in [-0.39, 0.29) is 16.3 Å². The molecule has 0 saturated heterocycles. The van der Waals surface area contributed by atoms with Gasteiger partial charge in [-0.1, -0.05) is 0 Å². The second kappa shape index (κ2) is 7.81. The van der Waals surface area contributed by atoms with Crippen molar-refractivity contribution < 1.29 is 36.6 Å². The summed E-state index contributed by atoms with van der Waals surface area (Å²) in [7, 11) is -4.44. The van der Waals surface area contributed by atoms with E-state index >= 15 is 0 Å². The van der Waals surface area contributed by atoms with Crippen LogP contribution in [0.4, 0.5) is 13.8 Å². The van der Waals surface area contributed by atoms with E-state index in [1.807, 2.05) is 0 Å². The van der Waals surface area contributed by atoms with Gasteiger partial charge < -0.3 is 20.9 Å². The maximum Gasteiger partial charge on any atom is 0.256 e. The number of primary amides is 1. The van der Waals surface area contributed by atoms with Gasteiger partial charge in [-0.25, -0.2) is 17.2 Å². The number of halogens is 2. The van der Waals surface area contributed by atoms with Crippen LogP contribution in [0.5, 0.6) is 5.75 Å². The summed E-state index contributed by atoms with van der Waals surface area (Å²) in [6.45, 7) is 1.16. The van der Waals surface area contributed by atoms with E-state index in [0.717, 1.165) is 18.2 Å². The number of aliphatic hydroxyl groups is 1. The highest BCUT2D eigenvalue weighted by Crippen LogP contribution is 2.36. The topological polar surface area (TPSA) is 136 Å². The molecule has 12 heteroatoms. The number of nitrogens with two attached hydrogens (primary N) is 1. The first-order chi connectivity index (χ1) is 12.9. The van der Waals surface area contributed by atoms with Crippen molar-refractivity contribution in [2.45, 2.75) is 28.6 Å². The van der Waals surface area contributed by atoms with Crippen LogP contribution in [0.25, 0.3) is 0 Å². The maximum atomic E-state index is 14.2. The molecule has 2 amide bonds. The molecule has 2 aromatic rings. The molecule has 0 aliphatic heterocycles. The number of thiophene rings is 1. The maximum absolute atomic E-state index is 14.2. The minimum atomic E-state index is -4.44. The van der Waals surface area contributed by atoms with Crippen molar-refractivity contribution in [1.29, 1.82) is 0 Å². The fourth-order valence-corrected chi connectivity index (χ4v) is 4.80. The molecule has 0 aliphatic carbocycles. The molecule has 0 spiro atoms. The lowest BCUT2D eigenvalue weighted by Gasteiger charge is -2.16. The third-order valence-corrected chi connectivity index (χ3v) is 6.75. The molecule has 8 nitrogen and oxygen atoms in total. The highest BCUT2D eigenvalue weighted by Gasteiger charge is 2.30. The molecule has 1 aromatic heterocycles. The summed E-state index contributed by atoms with van der Waals surface area (Å²) in [6, 6.07) is 3.54. The van der Waals surface area contributed by atoms with E-state index < -0.39 is 49.0 Å². The molecule has 0 radical (unpaired) electrons. The van der Waals surface area contributed by atoms with Crippen LogP contribution < -0.4 is 15.8 Å². The van der Waals surface area contributed by atoms with Gasteiger partial charge in [-0.3, -0.25) is 9.59 Å². The van der Waals surface area contributed by atoms with Crippen LogP contribution in [0.1, 0.15) is 24.2 Å². The predicted molar refractivity (Wildman–Crippen MR) is 96.2 cm³/mol. The second-order valence-corrected chi connectivity index (χ2v) is 9.23. The lowest BCUT2D eigenvalue weighted by molar-refractivity contribution is -0.130. The summed E-state index contributed by atoms with van der Waals surface area (Å²) >= 11 is 0.467. The molecule has 0 saturated carbocycles. The van der Waals surface area contributed by atoms with Gasteiger partial charge in [0, 0.05) is 6.07 Å². The third kappa shape index (κ3) is 4.46. The molecule has 0 aliphatic rings. The zero-order chi connectivity index (χ0) is 21.3. The van der Waals surface area contributed by atoms with Gasteiger partial charge >= 0.3 is 0 Å². The van der Waals surface area contributed by atoms with E-state index in [1.165, 1.54) is 13.8 Å². The summed E-state index contributed by atoms with van der Waals surface area (Å²) in [5.41, 5.74) is 3.08. The van der Waals surface area contributed by atoms with E-state index in [1.54, 1.807) is 0 Å². The zero-order valence-corrected chi connectivity index (χ0v) is 16.3. The quantitative estimate of drug-likeness (QED) is 0.608. The number of sulfone groups is 1. The van der Waals surface area contributed by atoms with Crippen molar-refractivity contribution in [2.75, 3.05) is 12.2 Å². The molecule has 152 valence electrons. The van der Waals surface area contributed by atoms with Crippen molar-refractivity contribution in [3.05, 3.63) is 35.6 Å². The van der Waals surface area contributed by atoms with Gasteiger partial charge in [0.2, 0.25) is 16.7 Å². The Morgan fingerprint density at radius 2 is 1.96 bits per heavy atom. The number of alkyl halides is 1. The normalized spacial score (nSPS) is 11.9. The monoisotopic (exact) mass is 434 g/mol. The third-order valence-electron chi connectivity index (χ3n) is 3.44. The largest absolute Gasteiger partial charge is 0.463 e. The van der Waals surface area contributed by atoms with E-state index in [2.05, 4.69) is 10.1 Å². The zero-order valence-electron chi connectivity index (χ0n) is 14.7. The van der Waals surface area contributed by atoms with Crippen molar-refractivity contribution >= 4 is 38.0 Å². The van der Waals surface area contributed by atoms with Crippen molar-refractivity contribution in [3.8, 4) is 5.75 Å². The number of anilines is 1. The molecular weight excluding hydrogens is 418 g/mol. The van der Waals surface area contributed by atoms with Gasteiger partial charge in [-0.05, 0) is 32.0 Å². The van der Waals surface area contributed by atoms with E-state index in [9.17, 15) is 31.9 Å². The minimum absolute atomic E-state index is 0.207. The van der Waals surface area contributed by atoms with Crippen LogP contribution >= 0.6 is 11.3 Å². The average molecular weight is 434 g/mol.